The molecule has 1 fully saturated rings. The molecule has 1 atom stereocenters. The summed E-state index contributed by atoms with van der Waals surface area (Å²) in [6, 6.07) is 4.98. The maximum atomic E-state index is 12.9. The van der Waals surface area contributed by atoms with Gasteiger partial charge in [-0.15, -0.1) is 5.10 Å². The number of carbonyl (C=O) groups excluding carboxylic acids is 2. The van der Waals surface area contributed by atoms with Crippen molar-refractivity contribution in [3.05, 3.63) is 40.7 Å². The molecule has 0 radical (unpaired) electrons. The molecule has 0 aromatic carbocycles. The molecule has 2 amide bonds. The zero-order valence-electron chi connectivity index (χ0n) is 13.9. The van der Waals surface area contributed by atoms with Gasteiger partial charge in [-0.05, 0) is 30.1 Å². The van der Waals surface area contributed by atoms with Gasteiger partial charge in [0.1, 0.15) is 10.9 Å². The van der Waals surface area contributed by atoms with Crippen molar-refractivity contribution in [3.63, 3.8) is 0 Å². The molecule has 25 heavy (non-hydrogen) atoms. The van der Waals surface area contributed by atoms with Gasteiger partial charge in [0, 0.05) is 25.8 Å². The van der Waals surface area contributed by atoms with Gasteiger partial charge in [0.15, 0.2) is 0 Å². The fraction of sp³-hybridized carbons (Fsp3) is 0.438. The quantitative estimate of drug-likeness (QED) is 0.792. The number of hydrogen-bond donors (Lipinski definition) is 2. The first-order valence-electron chi connectivity index (χ1n) is 8.21. The van der Waals surface area contributed by atoms with Crippen LogP contribution in [-0.2, 0) is 17.8 Å². The van der Waals surface area contributed by atoms with Gasteiger partial charge in [0.25, 0.3) is 5.91 Å². The van der Waals surface area contributed by atoms with E-state index in [4.69, 9.17) is 0 Å². The molecule has 1 saturated heterocycles. The Morgan fingerprint density at radius 2 is 2.32 bits per heavy atom. The largest absolute Gasteiger partial charge is 0.349 e. The SMILES string of the molecule is CCc1nnsc1C(=O)N1CCNC[C@H]1C(=O)NCc1ccccn1. The first-order chi connectivity index (χ1) is 12.2. The number of aromatic nitrogens is 3. The number of rotatable bonds is 5. The Labute approximate surface area is 149 Å². The molecule has 2 aromatic heterocycles. The lowest BCUT2D eigenvalue weighted by Crippen LogP contribution is -2.59. The van der Waals surface area contributed by atoms with E-state index in [0.29, 0.717) is 43.2 Å². The highest BCUT2D eigenvalue weighted by molar-refractivity contribution is 7.08. The molecule has 132 valence electrons. The third kappa shape index (κ3) is 3.99. The van der Waals surface area contributed by atoms with E-state index < -0.39 is 6.04 Å². The number of pyridine rings is 1. The van der Waals surface area contributed by atoms with E-state index in [1.54, 1.807) is 11.1 Å². The van der Waals surface area contributed by atoms with Crippen molar-refractivity contribution in [1.82, 2.24) is 30.1 Å². The van der Waals surface area contributed by atoms with Gasteiger partial charge < -0.3 is 15.5 Å². The Morgan fingerprint density at radius 1 is 1.44 bits per heavy atom. The van der Waals surface area contributed by atoms with Crippen molar-refractivity contribution in [2.75, 3.05) is 19.6 Å². The molecule has 0 unspecified atom stereocenters. The Bertz CT molecular complexity index is 735. The van der Waals surface area contributed by atoms with Crippen LogP contribution in [0.2, 0.25) is 0 Å². The maximum absolute atomic E-state index is 12.9. The summed E-state index contributed by atoms with van der Waals surface area (Å²) in [5.74, 6) is -0.368. The van der Waals surface area contributed by atoms with Crippen molar-refractivity contribution in [1.29, 1.82) is 0 Å². The second-order valence-corrected chi connectivity index (χ2v) is 6.41. The molecule has 2 N–H and O–H groups in total. The molecule has 1 aliphatic heterocycles. The molecular weight excluding hydrogens is 340 g/mol. The lowest BCUT2D eigenvalue weighted by molar-refractivity contribution is -0.126. The third-order valence-electron chi connectivity index (χ3n) is 4.06. The van der Waals surface area contributed by atoms with Crippen molar-refractivity contribution < 1.29 is 9.59 Å². The highest BCUT2D eigenvalue weighted by atomic mass is 32.1. The van der Waals surface area contributed by atoms with Crippen LogP contribution in [0, 0.1) is 0 Å². The molecule has 0 aliphatic carbocycles. The van der Waals surface area contributed by atoms with Crippen molar-refractivity contribution >= 4 is 23.3 Å². The van der Waals surface area contributed by atoms with Gasteiger partial charge in [-0.25, -0.2) is 0 Å². The number of nitrogens with one attached hydrogen (secondary N) is 2. The van der Waals surface area contributed by atoms with E-state index in [1.165, 1.54) is 0 Å². The predicted molar refractivity (Wildman–Crippen MR) is 93.1 cm³/mol. The molecule has 0 spiro atoms. The van der Waals surface area contributed by atoms with Crippen LogP contribution in [0.15, 0.2) is 24.4 Å². The minimum atomic E-state index is -0.559. The summed E-state index contributed by atoms with van der Waals surface area (Å²) < 4.78 is 3.87. The molecule has 3 rings (SSSR count). The van der Waals surface area contributed by atoms with Gasteiger partial charge in [-0.1, -0.05) is 17.5 Å². The number of piperazine rings is 1. The minimum Gasteiger partial charge on any atom is -0.349 e. The number of aryl methyl sites for hydroxylation is 1. The van der Waals surface area contributed by atoms with Crippen molar-refractivity contribution in [3.8, 4) is 0 Å². The zero-order valence-corrected chi connectivity index (χ0v) is 14.8. The van der Waals surface area contributed by atoms with E-state index >= 15 is 0 Å². The standard InChI is InChI=1S/C16H20N6O2S/c1-2-12-14(25-21-20-12)16(24)22-8-7-17-10-13(22)15(23)19-9-11-5-3-4-6-18-11/h3-6,13,17H,2,7-10H2,1H3,(H,19,23)/t13-/m0/s1. The molecule has 9 heteroatoms. The van der Waals surface area contributed by atoms with Crippen LogP contribution < -0.4 is 10.6 Å². The maximum Gasteiger partial charge on any atom is 0.268 e. The predicted octanol–water partition coefficient (Wildman–Crippen LogP) is 0.226. The zero-order chi connectivity index (χ0) is 17.6. The highest BCUT2D eigenvalue weighted by Crippen LogP contribution is 2.17. The fourth-order valence-electron chi connectivity index (χ4n) is 2.71. The van der Waals surface area contributed by atoms with Crippen molar-refractivity contribution in [2.24, 2.45) is 0 Å². The number of hydrogen-bond acceptors (Lipinski definition) is 7. The van der Waals surface area contributed by atoms with Crippen LogP contribution in [0.3, 0.4) is 0 Å². The van der Waals surface area contributed by atoms with Gasteiger partial charge in [0.05, 0.1) is 17.9 Å². The second-order valence-electron chi connectivity index (χ2n) is 5.66. The molecule has 2 aromatic rings. The van der Waals surface area contributed by atoms with Crippen LogP contribution in [0.1, 0.15) is 28.0 Å². The number of carbonyl (C=O) groups is 2. The van der Waals surface area contributed by atoms with Crippen LogP contribution in [0.4, 0.5) is 0 Å². The van der Waals surface area contributed by atoms with Gasteiger partial charge in [-0.3, -0.25) is 14.6 Å². The summed E-state index contributed by atoms with van der Waals surface area (Å²) in [7, 11) is 0. The molecule has 1 aliphatic rings. The van der Waals surface area contributed by atoms with Gasteiger partial charge >= 0.3 is 0 Å². The van der Waals surface area contributed by atoms with Crippen LogP contribution in [0.25, 0.3) is 0 Å². The Hall–Kier alpha value is -2.39. The summed E-state index contributed by atoms with van der Waals surface area (Å²) in [6.07, 6.45) is 2.32. The summed E-state index contributed by atoms with van der Waals surface area (Å²) >= 11 is 1.09. The van der Waals surface area contributed by atoms with Crippen LogP contribution in [0.5, 0.6) is 0 Å². The second kappa shape index (κ2) is 8.13. The third-order valence-corrected chi connectivity index (χ3v) is 4.82. The molecule has 0 saturated carbocycles. The van der Waals surface area contributed by atoms with E-state index in [9.17, 15) is 9.59 Å². The Balaban J connectivity index is 1.70. The van der Waals surface area contributed by atoms with E-state index in [2.05, 4.69) is 25.2 Å². The summed E-state index contributed by atoms with van der Waals surface area (Å²) in [4.78, 5) is 31.8. The van der Waals surface area contributed by atoms with E-state index in [1.807, 2.05) is 25.1 Å². The smallest absolute Gasteiger partial charge is 0.268 e. The Morgan fingerprint density at radius 3 is 3.08 bits per heavy atom. The first kappa shape index (κ1) is 17.4. The normalized spacial score (nSPS) is 17.3. The molecular formula is C16H20N6O2S. The van der Waals surface area contributed by atoms with Crippen LogP contribution >= 0.6 is 11.5 Å². The van der Waals surface area contributed by atoms with Crippen LogP contribution in [-0.4, -0.2) is 57.0 Å². The van der Waals surface area contributed by atoms with E-state index in [0.717, 1.165) is 17.2 Å². The summed E-state index contributed by atoms with van der Waals surface area (Å²) in [5, 5.41) is 10.0. The lowest BCUT2D eigenvalue weighted by Gasteiger charge is -2.34. The average Bonchev–Trinajstić information content (AvgIpc) is 3.15. The lowest BCUT2D eigenvalue weighted by atomic mass is 10.1. The Kier molecular flexibility index (Phi) is 5.67. The average molecular weight is 360 g/mol. The highest BCUT2D eigenvalue weighted by Gasteiger charge is 2.34. The number of nitrogens with zero attached hydrogens (tertiary/aromatic N) is 4. The van der Waals surface area contributed by atoms with Gasteiger partial charge in [0.2, 0.25) is 5.91 Å². The van der Waals surface area contributed by atoms with E-state index in [-0.39, 0.29) is 11.8 Å². The fourth-order valence-corrected chi connectivity index (χ4v) is 3.42. The molecule has 0 bridgehead atoms. The summed E-state index contributed by atoms with van der Waals surface area (Å²) in [6.45, 7) is 3.82. The van der Waals surface area contributed by atoms with Gasteiger partial charge in [-0.2, -0.15) is 0 Å². The minimum absolute atomic E-state index is 0.175. The molecule has 3 heterocycles. The first-order valence-corrected chi connectivity index (χ1v) is 8.98. The van der Waals surface area contributed by atoms with Crippen molar-refractivity contribution in [2.45, 2.75) is 25.9 Å². The molecule has 8 nitrogen and oxygen atoms in total. The number of amides is 2. The topological polar surface area (TPSA) is 100 Å². The monoisotopic (exact) mass is 360 g/mol. The summed E-state index contributed by atoms with van der Waals surface area (Å²) in [5.41, 5.74) is 1.46.